The average molecular weight is 420 g/mol. The van der Waals surface area contributed by atoms with Crippen molar-refractivity contribution in [2.24, 2.45) is 0 Å². The number of benzene rings is 1. The minimum absolute atomic E-state index is 0.00353. The zero-order valence-corrected chi connectivity index (χ0v) is 17.4. The molecule has 0 radical (unpaired) electrons. The molecule has 4 amide bonds. The molecule has 1 unspecified atom stereocenters. The predicted molar refractivity (Wildman–Crippen MR) is 108 cm³/mol. The number of hydrogen-bond acceptors (Lipinski definition) is 4. The Morgan fingerprint density at radius 3 is 2.59 bits per heavy atom. The molecule has 0 aromatic heterocycles. The lowest BCUT2D eigenvalue weighted by Crippen LogP contribution is -2.45. The molecule has 156 valence electrons. The molecule has 29 heavy (non-hydrogen) atoms. The van der Waals surface area contributed by atoms with E-state index in [-0.39, 0.29) is 30.4 Å². The van der Waals surface area contributed by atoms with Crippen LogP contribution in [0.3, 0.4) is 0 Å². The lowest BCUT2D eigenvalue weighted by molar-refractivity contribution is -0.130. The third-order valence-corrected chi connectivity index (χ3v) is 6.43. The van der Waals surface area contributed by atoms with Crippen LogP contribution in [0.5, 0.6) is 5.75 Å². The molecule has 8 heteroatoms. The van der Waals surface area contributed by atoms with Crippen molar-refractivity contribution in [2.75, 3.05) is 26.7 Å². The van der Waals surface area contributed by atoms with Gasteiger partial charge in [0.1, 0.15) is 11.8 Å². The molecule has 0 spiro atoms. The number of carbonyl (C=O) groups is 3. The number of hydrogen-bond donors (Lipinski definition) is 0. The van der Waals surface area contributed by atoms with Crippen LogP contribution in [0.1, 0.15) is 48.9 Å². The monoisotopic (exact) mass is 419 g/mol. The van der Waals surface area contributed by atoms with Gasteiger partial charge in [-0.3, -0.25) is 14.5 Å². The Morgan fingerprint density at radius 1 is 1.10 bits per heavy atom. The Morgan fingerprint density at radius 2 is 1.86 bits per heavy atom. The summed E-state index contributed by atoms with van der Waals surface area (Å²) in [5, 5.41) is 0.486. The summed E-state index contributed by atoms with van der Waals surface area (Å²) in [6, 6.07) is 4.10. The molecule has 1 aromatic rings. The molecule has 2 saturated heterocycles. The van der Waals surface area contributed by atoms with E-state index in [0.29, 0.717) is 35.8 Å². The summed E-state index contributed by atoms with van der Waals surface area (Å²) in [5.74, 6) is 0.0302. The minimum Gasteiger partial charge on any atom is -0.496 e. The van der Waals surface area contributed by atoms with E-state index >= 15 is 0 Å². The summed E-state index contributed by atoms with van der Waals surface area (Å²) in [6.45, 7) is 1.18. The Balaban J connectivity index is 1.55. The van der Waals surface area contributed by atoms with Gasteiger partial charge >= 0.3 is 6.03 Å². The molecule has 1 aromatic carbocycles. The summed E-state index contributed by atoms with van der Waals surface area (Å²) in [7, 11) is 1.49. The van der Waals surface area contributed by atoms with E-state index in [1.807, 2.05) is 0 Å². The quantitative estimate of drug-likeness (QED) is 0.705. The molecular weight excluding hydrogens is 394 g/mol. The van der Waals surface area contributed by atoms with Gasteiger partial charge in [-0.05, 0) is 37.5 Å². The van der Waals surface area contributed by atoms with Crippen molar-refractivity contribution >= 4 is 29.4 Å². The van der Waals surface area contributed by atoms with Crippen LogP contribution in [-0.4, -0.2) is 71.4 Å². The summed E-state index contributed by atoms with van der Waals surface area (Å²) in [6.07, 6.45) is 5.65. The number of rotatable bonds is 3. The van der Waals surface area contributed by atoms with Crippen molar-refractivity contribution in [2.45, 2.75) is 50.6 Å². The van der Waals surface area contributed by atoms with Crippen molar-refractivity contribution in [3.05, 3.63) is 28.8 Å². The zero-order valence-electron chi connectivity index (χ0n) is 16.6. The second-order valence-corrected chi connectivity index (χ2v) is 8.38. The normalized spacial score (nSPS) is 23.2. The topological polar surface area (TPSA) is 70.2 Å². The Labute approximate surface area is 175 Å². The smallest absolute Gasteiger partial charge is 0.327 e. The number of nitrogens with zero attached hydrogens (tertiary/aromatic N) is 3. The van der Waals surface area contributed by atoms with E-state index in [1.54, 1.807) is 28.0 Å². The van der Waals surface area contributed by atoms with Gasteiger partial charge in [0, 0.05) is 24.2 Å². The number of methoxy groups -OCH3 is 1. The van der Waals surface area contributed by atoms with Crippen LogP contribution in [0.4, 0.5) is 4.79 Å². The number of amides is 4. The number of ether oxygens (including phenoxy) is 1. The van der Waals surface area contributed by atoms with Crippen LogP contribution in [0.25, 0.3) is 0 Å². The van der Waals surface area contributed by atoms with E-state index in [2.05, 4.69) is 0 Å². The first-order valence-corrected chi connectivity index (χ1v) is 10.7. The van der Waals surface area contributed by atoms with Crippen molar-refractivity contribution in [1.82, 2.24) is 14.7 Å². The highest BCUT2D eigenvalue weighted by molar-refractivity contribution is 6.30. The summed E-state index contributed by atoms with van der Waals surface area (Å²) < 4.78 is 5.32. The molecule has 7 nitrogen and oxygen atoms in total. The lowest BCUT2D eigenvalue weighted by atomic mass is 9.94. The predicted octanol–water partition coefficient (Wildman–Crippen LogP) is 3.16. The lowest BCUT2D eigenvalue weighted by Gasteiger charge is -2.29. The van der Waals surface area contributed by atoms with Crippen LogP contribution >= 0.6 is 11.6 Å². The number of halogens is 1. The summed E-state index contributed by atoms with van der Waals surface area (Å²) >= 11 is 6.01. The number of carbonyl (C=O) groups excluding carboxylic acids is 3. The molecule has 1 saturated carbocycles. The summed E-state index contributed by atoms with van der Waals surface area (Å²) in [4.78, 5) is 44.1. The third kappa shape index (κ3) is 3.68. The molecule has 1 atom stereocenters. The van der Waals surface area contributed by atoms with Crippen LogP contribution in [-0.2, 0) is 4.79 Å². The van der Waals surface area contributed by atoms with E-state index < -0.39 is 6.04 Å². The standard InChI is InChI=1S/C21H26ClN3O4/c1-29-18-12-14(22)8-9-16(18)19(26)23-10-5-11-24-17(13-23)20(27)25(21(24)28)15-6-3-2-4-7-15/h8-9,12,15,17H,2-7,10-11,13H2,1H3. The van der Waals surface area contributed by atoms with Gasteiger partial charge in [-0.2, -0.15) is 0 Å². The molecule has 4 rings (SSSR count). The van der Waals surface area contributed by atoms with Gasteiger partial charge in [0.05, 0.1) is 19.2 Å². The summed E-state index contributed by atoms with van der Waals surface area (Å²) in [5.41, 5.74) is 0.409. The second kappa shape index (κ2) is 8.22. The van der Waals surface area contributed by atoms with Gasteiger partial charge in [0.15, 0.2) is 0 Å². The fraction of sp³-hybridized carbons (Fsp3) is 0.571. The highest BCUT2D eigenvalue weighted by atomic mass is 35.5. The van der Waals surface area contributed by atoms with Gasteiger partial charge in [-0.1, -0.05) is 30.9 Å². The Bertz CT molecular complexity index is 824. The third-order valence-electron chi connectivity index (χ3n) is 6.19. The molecule has 2 heterocycles. The molecule has 3 aliphatic rings. The van der Waals surface area contributed by atoms with E-state index in [9.17, 15) is 14.4 Å². The Hall–Kier alpha value is -2.28. The van der Waals surface area contributed by atoms with Gasteiger partial charge < -0.3 is 14.5 Å². The van der Waals surface area contributed by atoms with Crippen molar-refractivity contribution in [3.63, 3.8) is 0 Å². The van der Waals surface area contributed by atoms with Crippen molar-refractivity contribution in [3.8, 4) is 5.75 Å². The zero-order chi connectivity index (χ0) is 20.5. The van der Waals surface area contributed by atoms with Gasteiger partial charge in [-0.25, -0.2) is 4.79 Å². The second-order valence-electron chi connectivity index (χ2n) is 7.94. The minimum atomic E-state index is -0.603. The van der Waals surface area contributed by atoms with Gasteiger partial charge in [0.2, 0.25) is 0 Å². The highest BCUT2D eigenvalue weighted by Gasteiger charge is 2.49. The van der Waals surface area contributed by atoms with Gasteiger partial charge in [0.25, 0.3) is 11.8 Å². The average Bonchev–Trinajstić information content (AvgIpc) is 2.89. The van der Waals surface area contributed by atoms with Crippen molar-refractivity contribution in [1.29, 1.82) is 0 Å². The highest BCUT2D eigenvalue weighted by Crippen LogP contribution is 2.31. The van der Waals surface area contributed by atoms with E-state index in [0.717, 1.165) is 32.1 Å². The van der Waals surface area contributed by atoms with E-state index in [1.165, 1.54) is 12.0 Å². The van der Waals surface area contributed by atoms with Crippen LogP contribution in [0.15, 0.2) is 18.2 Å². The van der Waals surface area contributed by atoms with Crippen LogP contribution < -0.4 is 4.74 Å². The first kappa shape index (κ1) is 20.0. The molecule has 0 N–H and O–H groups in total. The largest absolute Gasteiger partial charge is 0.496 e. The maximum Gasteiger partial charge on any atom is 0.327 e. The maximum absolute atomic E-state index is 13.2. The molecule has 2 aliphatic heterocycles. The number of fused-ring (bicyclic) bond motifs is 1. The molecule has 3 fully saturated rings. The molecule has 0 bridgehead atoms. The molecule has 1 aliphatic carbocycles. The number of urea groups is 1. The van der Waals surface area contributed by atoms with E-state index in [4.69, 9.17) is 16.3 Å². The molecular formula is C21H26ClN3O4. The fourth-order valence-corrected chi connectivity index (χ4v) is 4.85. The fourth-order valence-electron chi connectivity index (χ4n) is 4.69. The van der Waals surface area contributed by atoms with Crippen molar-refractivity contribution < 1.29 is 19.1 Å². The van der Waals surface area contributed by atoms with Crippen LogP contribution in [0.2, 0.25) is 5.02 Å². The SMILES string of the molecule is COc1cc(Cl)ccc1C(=O)N1CCCN2C(=O)N(C3CCCCC3)C(=O)C2C1. The first-order chi connectivity index (χ1) is 14.0. The maximum atomic E-state index is 13.2. The first-order valence-electron chi connectivity index (χ1n) is 10.3. The number of imide groups is 1. The Kier molecular flexibility index (Phi) is 5.67. The van der Waals surface area contributed by atoms with Gasteiger partial charge in [-0.15, -0.1) is 0 Å². The van der Waals surface area contributed by atoms with Crippen LogP contribution in [0, 0.1) is 0 Å².